The summed E-state index contributed by atoms with van der Waals surface area (Å²) in [5.41, 5.74) is 3.27. The van der Waals surface area contributed by atoms with Crippen LogP contribution in [0.1, 0.15) is 25.7 Å². The van der Waals surface area contributed by atoms with Crippen molar-refractivity contribution in [3.8, 4) is 0 Å². The van der Waals surface area contributed by atoms with Crippen molar-refractivity contribution >= 4 is 11.6 Å². The van der Waals surface area contributed by atoms with Gasteiger partial charge in [0.05, 0.1) is 0 Å². The lowest BCUT2D eigenvalue weighted by Gasteiger charge is -2.34. The molecule has 0 saturated carbocycles. The van der Waals surface area contributed by atoms with Crippen molar-refractivity contribution in [2.45, 2.75) is 25.7 Å². The number of carbonyl (C=O) groups is 2. The van der Waals surface area contributed by atoms with E-state index in [2.05, 4.69) is 0 Å². The first kappa shape index (κ1) is 6.35. The van der Waals surface area contributed by atoms with Crippen LogP contribution in [0, 0.1) is 0 Å². The van der Waals surface area contributed by atoms with Crippen LogP contribution < -0.4 is 0 Å². The zero-order chi connectivity index (χ0) is 8.29. The molecule has 0 aromatic heterocycles. The Morgan fingerprint density at radius 2 is 0.833 bits per heavy atom. The Morgan fingerprint density at radius 1 is 0.583 bits per heavy atom. The molecule has 0 aromatic rings. The van der Waals surface area contributed by atoms with E-state index in [0.29, 0.717) is 0 Å². The third kappa shape index (κ3) is 0.501. The van der Waals surface area contributed by atoms with Crippen LogP contribution in [0.15, 0.2) is 22.3 Å². The second-order valence-electron chi connectivity index (χ2n) is 3.57. The number of hydrogen-bond acceptors (Lipinski definition) is 2. The van der Waals surface area contributed by atoms with Crippen LogP contribution >= 0.6 is 0 Å². The topological polar surface area (TPSA) is 34.1 Å². The highest BCUT2D eigenvalue weighted by molar-refractivity contribution is 6.28. The van der Waals surface area contributed by atoms with E-state index < -0.39 is 0 Å². The fraction of sp³-hybridized carbons (Fsp3) is 0.400. The molecule has 0 fully saturated rings. The molecule has 60 valence electrons. The van der Waals surface area contributed by atoms with Gasteiger partial charge in [-0.1, -0.05) is 0 Å². The van der Waals surface area contributed by atoms with Gasteiger partial charge in [0.25, 0.3) is 0 Å². The number of hydrogen-bond donors (Lipinski definition) is 0. The summed E-state index contributed by atoms with van der Waals surface area (Å²) >= 11 is 0. The molecule has 0 radical (unpaired) electrons. The molecule has 2 heteroatoms. The molecule has 0 heterocycles. The molecule has 3 aliphatic rings. The monoisotopic (exact) mass is 160 g/mol. The molecular formula is C10H8O2. The van der Waals surface area contributed by atoms with E-state index in [-0.39, 0.29) is 11.6 Å². The van der Waals surface area contributed by atoms with Crippen LogP contribution in [0.25, 0.3) is 0 Å². The lowest BCUT2D eigenvalue weighted by molar-refractivity contribution is -0.118. The zero-order valence-corrected chi connectivity index (χ0v) is 6.64. The van der Waals surface area contributed by atoms with Crippen molar-refractivity contribution in [1.82, 2.24) is 0 Å². The molecule has 0 N–H and O–H groups in total. The van der Waals surface area contributed by atoms with Crippen molar-refractivity contribution in [1.29, 1.82) is 0 Å². The van der Waals surface area contributed by atoms with Crippen molar-refractivity contribution in [3.63, 3.8) is 0 Å². The maximum Gasteiger partial charge on any atom is 0.185 e. The molecule has 0 unspecified atom stereocenters. The minimum Gasteiger partial charge on any atom is -0.289 e. The lowest BCUT2D eigenvalue weighted by atomic mass is 9.67. The predicted molar refractivity (Wildman–Crippen MR) is 42.5 cm³/mol. The molecule has 3 rings (SSSR count). The van der Waals surface area contributed by atoms with Crippen LogP contribution in [0.3, 0.4) is 0 Å². The smallest absolute Gasteiger partial charge is 0.185 e. The lowest BCUT2D eigenvalue weighted by Crippen LogP contribution is -2.33. The van der Waals surface area contributed by atoms with Crippen molar-refractivity contribution in [3.05, 3.63) is 22.3 Å². The van der Waals surface area contributed by atoms with Gasteiger partial charge < -0.3 is 0 Å². The first-order valence-electron chi connectivity index (χ1n) is 4.32. The number of carbonyl (C=O) groups excluding carboxylic acids is 2. The zero-order valence-electron chi connectivity index (χ0n) is 6.64. The van der Waals surface area contributed by atoms with Crippen LogP contribution in [0.2, 0.25) is 0 Å². The van der Waals surface area contributed by atoms with E-state index in [4.69, 9.17) is 0 Å². The molecule has 0 spiro atoms. The number of Topliss-reactive ketones (excluding diaryl/α,β-unsaturated/α-hetero) is 2. The van der Waals surface area contributed by atoms with Gasteiger partial charge in [-0.05, 0) is 25.7 Å². The van der Waals surface area contributed by atoms with E-state index in [9.17, 15) is 9.59 Å². The average Bonchev–Trinajstić information content (AvgIpc) is 1.78. The summed E-state index contributed by atoms with van der Waals surface area (Å²) in [5, 5.41) is 0. The molecular weight excluding hydrogens is 152 g/mol. The maximum atomic E-state index is 11.5. The van der Waals surface area contributed by atoms with Gasteiger partial charge in [0.1, 0.15) is 0 Å². The number of rotatable bonds is 0. The van der Waals surface area contributed by atoms with Crippen LogP contribution in [0.4, 0.5) is 0 Å². The van der Waals surface area contributed by atoms with E-state index >= 15 is 0 Å². The van der Waals surface area contributed by atoms with Gasteiger partial charge in [0.2, 0.25) is 0 Å². The summed E-state index contributed by atoms with van der Waals surface area (Å²) in [6, 6.07) is 0. The molecule has 3 aliphatic carbocycles. The molecule has 2 nitrogen and oxygen atoms in total. The Kier molecular flexibility index (Phi) is 0.932. The summed E-state index contributed by atoms with van der Waals surface area (Å²) in [4.78, 5) is 23.1. The molecule has 0 amide bonds. The van der Waals surface area contributed by atoms with Gasteiger partial charge in [-0.15, -0.1) is 0 Å². The molecule has 0 atom stereocenters. The Hall–Kier alpha value is -1.18. The Labute approximate surface area is 70.0 Å². The van der Waals surface area contributed by atoms with Crippen LogP contribution in [-0.4, -0.2) is 11.6 Å². The fourth-order valence-corrected chi connectivity index (χ4v) is 2.12. The minimum atomic E-state index is 0.178. The Balaban J connectivity index is 2.20. The Bertz CT molecular complexity index is 313. The summed E-state index contributed by atoms with van der Waals surface area (Å²) < 4.78 is 0. The largest absolute Gasteiger partial charge is 0.289 e. The first-order valence-corrected chi connectivity index (χ1v) is 4.32. The number of ketones is 2. The first-order chi connectivity index (χ1) is 5.79. The standard InChI is InChI=1S/C10H8O2/c11-9-5-1-2-6(5)10(12)8-4-3-7(8)9/h1-4H2. The maximum absolute atomic E-state index is 11.5. The van der Waals surface area contributed by atoms with Gasteiger partial charge in [0, 0.05) is 22.3 Å². The van der Waals surface area contributed by atoms with Crippen molar-refractivity contribution in [2.24, 2.45) is 0 Å². The highest BCUT2D eigenvalue weighted by Crippen LogP contribution is 2.44. The number of allylic oxidation sites excluding steroid dienone is 4. The summed E-state index contributed by atoms with van der Waals surface area (Å²) in [7, 11) is 0. The van der Waals surface area contributed by atoms with Gasteiger partial charge in [-0.25, -0.2) is 0 Å². The SMILES string of the molecule is O=C1C2=C(CC2)C(=O)C2=C1CC2. The van der Waals surface area contributed by atoms with Crippen LogP contribution in [0.5, 0.6) is 0 Å². The van der Waals surface area contributed by atoms with E-state index in [1.54, 1.807) is 0 Å². The second-order valence-corrected chi connectivity index (χ2v) is 3.57. The third-order valence-electron chi connectivity index (χ3n) is 3.07. The third-order valence-corrected chi connectivity index (χ3v) is 3.07. The summed E-state index contributed by atoms with van der Waals surface area (Å²) in [6.07, 6.45) is 3.32. The highest BCUT2D eigenvalue weighted by Gasteiger charge is 2.41. The fourth-order valence-electron chi connectivity index (χ4n) is 2.12. The normalized spacial score (nSPS) is 26.3. The molecule has 0 aliphatic heterocycles. The predicted octanol–water partition coefficient (Wildman–Crippen LogP) is 1.32. The van der Waals surface area contributed by atoms with Crippen molar-refractivity contribution in [2.75, 3.05) is 0 Å². The molecule has 0 aromatic carbocycles. The van der Waals surface area contributed by atoms with Gasteiger partial charge in [0.15, 0.2) is 11.6 Å². The molecule has 0 bridgehead atoms. The molecule has 12 heavy (non-hydrogen) atoms. The minimum absolute atomic E-state index is 0.178. The van der Waals surface area contributed by atoms with E-state index in [1.165, 1.54) is 0 Å². The highest BCUT2D eigenvalue weighted by atomic mass is 16.1. The quantitative estimate of drug-likeness (QED) is 0.501. The Morgan fingerprint density at radius 3 is 1.00 bits per heavy atom. The summed E-state index contributed by atoms with van der Waals surface area (Å²) in [5.74, 6) is 0.356. The average molecular weight is 160 g/mol. The van der Waals surface area contributed by atoms with E-state index in [1.807, 2.05) is 0 Å². The van der Waals surface area contributed by atoms with Crippen molar-refractivity contribution < 1.29 is 9.59 Å². The van der Waals surface area contributed by atoms with Gasteiger partial charge in [-0.3, -0.25) is 9.59 Å². The molecule has 0 saturated heterocycles. The second kappa shape index (κ2) is 1.76. The summed E-state index contributed by atoms with van der Waals surface area (Å²) in [6.45, 7) is 0. The van der Waals surface area contributed by atoms with Gasteiger partial charge >= 0.3 is 0 Å². The van der Waals surface area contributed by atoms with Gasteiger partial charge in [-0.2, -0.15) is 0 Å². The van der Waals surface area contributed by atoms with Crippen LogP contribution in [-0.2, 0) is 9.59 Å². The van der Waals surface area contributed by atoms with E-state index in [0.717, 1.165) is 48.0 Å².